The Kier molecular flexibility index (Phi) is 37.7. The Morgan fingerprint density at radius 1 is 0.521 bits per heavy atom. The molecule has 0 aromatic heterocycles. The topological polar surface area (TPSA) is 89.8 Å². The molecule has 0 bridgehead atoms. The van der Waals surface area contributed by atoms with Gasteiger partial charge < -0.3 is 20.6 Å². The number of unbranched alkanes of at least 4 members (excludes halogenated alkanes) is 27. The predicted molar refractivity (Wildman–Crippen MR) is 208 cm³/mol. The molecule has 1 amide bonds. The van der Waals surface area contributed by atoms with Gasteiger partial charge in [-0.05, 0) is 44.9 Å². The van der Waals surface area contributed by atoms with Gasteiger partial charge in [0.1, 0.15) is 0 Å². The molecule has 0 aliphatic rings. The highest BCUT2D eigenvalue weighted by Crippen LogP contribution is 2.15. The lowest BCUT2D eigenvalue weighted by Crippen LogP contribution is -2.45. The molecule has 48 heavy (non-hydrogen) atoms. The second-order valence-electron chi connectivity index (χ2n) is 14.6. The number of hydrogen-bond acceptors (Lipinski definition) is 4. The molecule has 0 saturated heterocycles. The monoisotopic (exact) mass is 678 g/mol. The quantitative estimate of drug-likeness (QED) is 0.0387. The fourth-order valence-corrected chi connectivity index (χ4v) is 6.46. The van der Waals surface area contributed by atoms with Gasteiger partial charge in [-0.15, -0.1) is 0 Å². The van der Waals surface area contributed by atoms with E-state index in [2.05, 4.69) is 31.3 Å². The van der Waals surface area contributed by atoms with Crippen LogP contribution in [0.2, 0.25) is 0 Å². The maximum absolute atomic E-state index is 12.4. The van der Waals surface area contributed by atoms with Gasteiger partial charge >= 0.3 is 0 Å². The highest BCUT2D eigenvalue weighted by Gasteiger charge is 2.20. The molecule has 0 heterocycles. The summed E-state index contributed by atoms with van der Waals surface area (Å²) in [6, 6.07) is -0.749. The van der Waals surface area contributed by atoms with Crippen LogP contribution in [-0.4, -0.2) is 46.1 Å². The summed E-state index contributed by atoms with van der Waals surface area (Å²) >= 11 is 0. The van der Waals surface area contributed by atoms with E-state index in [9.17, 15) is 20.1 Å². The van der Waals surface area contributed by atoms with Gasteiger partial charge in [0.15, 0.2) is 0 Å². The minimum absolute atomic E-state index is 0.00614. The standard InChI is InChI=1S/C43H83NO4/c1-3-5-7-9-11-13-15-16-17-18-19-20-21-22-23-24-25-27-29-31-33-35-37-42(47)41(39-45)44-43(48)38-40(46)36-34-32-30-28-26-14-12-10-8-6-4-2/h28,30,35,37,40-42,45-47H,3-27,29,31-34,36,38-39H2,1-2H3,(H,44,48)/b30-28-,37-35+. The largest absolute Gasteiger partial charge is 0.394 e. The molecule has 0 radical (unpaired) electrons. The van der Waals surface area contributed by atoms with E-state index in [4.69, 9.17) is 0 Å². The van der Waals surface area contributed by atoms with E-state index in [1.54, 1.807) is 6.08 Å². The molecule has 3 unspecified atom stereocenters. The number of amides is 1. The fraction of sp³-hybridized carbons (Fsp3) is 0.884. The van der Waals surface area contributed by atoms with Crippen LogP contribution in [0.1, 0.15) is 219 Å². The first kappa shape index (κ1) is 46.8. The van der Waals surface area contributed by atoms with Crippen molar-refractivity contribution in [1.29, 1.82) is 0 Å². The van der Waals surface area contributed by atoms with Crippen molar-refractivity contribution in [2.75, 3.05) is 6.61 Å². The first-order valence-electron chi connectivity index (χ1n) is 21.1. The summed E-state index contributed by atoms with van der Waals surface area (Å²) in [6.45, 7) is 4.19. The maximum atomic E-state index is 12.4. The van der Waals surface area contributed by atoms with Gasteiger partial charge in [0.05, 0.1) is 31.3 Å². The lowest BCUT2D eigenvalue weighted by Gasteiger charge is -2.20. The molecule has 0 fully saturated rings. The molecule has 0 aliphatic heterocycles. The molecule has 0 rings (SSSR count). The van der Waals surface area contributed by atoms with Crippen molar-refractivity contribution in [3.63, 3.8) is 0 Å². The molecule has 4 N–H and O–H groups in total. The van der Waals surface area contributed by atoms with Crippen molar-refractivity contribution in [1.82, 2.24) is 5.32 Å². The van der Waals surface area contributed by atoms with E-state index in [1.807, 2.05) is 6.08 Å². The number of aliphatic hydroxyl groups excluding tert-OH is 3. The number of carbonyl (C=O) groups excluding carboxylic acids is 1. The molecule has 0 aromatic rings. The normalized spacial score (nSPS) is 13.9. The van der Waals surface area contributed by atoms with Crippen molar-refractivity contribution in [3.8, 4) is 0 Å². The van der Waals surface area contributed by atoms with Crippen LogP contribution in [-0.2, 0) is 4.79 Å². The van der Waals surface area contributed by atoms with Gasteiger partial charge in [-0.25, -0.2) is 0 Å². The second kappa shape index (κ2) is 38.6. The van der Waals surface area contributed by atoms with Crippen molar-refractivity contribution < 1.29 is 20.1 Å². The molecule has 5 nitrogen and oxygen atoms in total. The average molecular weight is 678 g/mol. The number of nitrogens with one attached hydrogen (secondary N) is 1. The zero-order chi connectivity index (χ0) is 35.2. The number of rotatable bonds is 38. The first-order chi connectivity index (χ1) is 23.5. The van der Waals surface area contributed by atoms with Gasteiger partial charge in [-0.2, -0.15) is 0 Å². The molecule has 5 heteroatoms. The van der Waals surface area contributed by atoms with E-state index < -0.39 is 18.2 Å². The Morgan fingerprint density at radius 2 is 0.875 bits per heavy atom. The van der Waals surface area contributed by atoms with Gasteiger partial charge in [-0.1, -0.05) is 192 Å². The maximum Gasteiger partial charge on any atom is 0.222 e. The Labute approximate surface area is 299 Å². The third-order valence-corrected chi connectivity index (χ3v) is 9.73. The predicted octanol–water partition coefficient (Wildman–Crippen LogP) is 11.8. The van der Waals surface area contributed by atoms with Crippen molar-refractivity contribution in [2.45, 2.75) is 238 Å². The molecular weight excluding hydrogens is 594 g/mol. The Bertz CT molecular complexity index is 709. The first-order valence-corrected chi connectivity index (χ1v) is 21.1. The zero-order valence-electron chi connectivity index (χ0n) is 32.1. The van der Waals surface area contributed by atoms with E-state index in [0.29, 0.717) is 6.42 Å². The van der Waals surface area contributed by atoms with Crippen LogP contribution in [0.15, 0.2) is 24.3 Å². The van der Waals surface area contributed by atoms with Crippen LogP contribution in [0.5, 0.6) is 0 Å². The average Bonchev–Trinajstić information content (AvgIpc) is 3.08. The van der Waals surface area contributed by atoms with Gasteiger partial charge in [-0.3, -0.25) is 4.79 Å². The van der Waals surface area contributed by atoms with Crippen LogP contribution in [0.25, 0.3) is 0 Å². The van der Waals surface area contributed by atoms with E-state index in [0.717, 1.165) is 32.1 Å². The van der Waals surface area contributed by atoms with Crippen LogP contribution < -0.4 is 5.32 Å². The molecule has 0 aliphatic carbocycles. The summed E-state index contributed by atoms with van der Waals surface area (Å²) < 4.78 is 0. The third-order valence-electron chi connectivity index (χ3n) is 9.73. The highest BCUT2D eigenvalue weighted by atomic mass is 16.3. The lowest BCUT2D eigenvalue weighted by molar-refractivity contribution is -0.124. The summed E-state index contributed by atoms with van der Waals surface area (Å²) in [5.74, 6) is -0.332. The van der Waals surface area contributed by atoms with Crippen molar-refractivity contribution in [2.24, 2.45) is 0 Å². The summed E-state index contributed by atoms with van der Waals surface area (Å²) in [5, 5.41) is 33.1. The number of hydrogen-bond donors (Lipinski definition) is 4. The van der Waals surface area contributed by atoms with Crippen LogP contribution in [0.4, 0.5) is 0 Å². The summed E-state index contributed by atoms with van der Waals surface area (Å²) in [7, 11) is 0. The summed E-state index contributed by atoms with van der Waals surface area (Å²) in [4.78, 5) is 12.4. The number of aliphatic hydroxyl groups is 3. The number of allylic oxidation sites excluding steroid dienone is 3. The molecule has 0 saturated carbocycles. The van der Waals surface area contributed by atoms with Gasteiger partial charge in [0, 0.05) is 0 Å². The molecular formula is C43H83NO4. The van der Waals surface area contributed by atoms with Crippen molar-refractivity contribution >= 4 is 5.91 Å². The van der Waals surface area contributed by atoms with Crippen LogP contribution >= 0.6 is 0 Å². The molecule has 0 aromatic carbocycles. The Hall–Kier alpha value is -1.17. The minimum Gasteiger partial charge on any atom is -0.394 e. The Balaban J connectivity index is 3.65. The van der Waals surface area contributed by atoms with E-state index >= 15 is 0 Å². The lowest BCUT2D eigenvalue weighted by atomic mass is 10.0. The van der Waals surface area contributed by atoms with E-state index in [-0.39, 0.29) is 18.9 Å². The molecule has 0 spiro atoms. The summed E-state index contributed by atoms with van der Waals surface area (Å²) in [5.41, 5.74) is 0. The van der Waals surface area contributed by atoms with Crippen LogP contribution in [0.3, 0.4) is 0 Å². The zero-order valence-corrected chi connectivity index (χ0v) is 32.1. The smallest absolute Gasteiger partial charge is 0.222 e. The van der Waals surface area contributed by atoms with Gasteiger partial charge in [0.2, 0.25) is 5.91 Å². The second-order valence-corrected chi connectivity index (χ2v) is 14.6. The van der Waals surface area contributed by atoms with Crippen molar-refractivity contribution in [3.05, 3.63) is 24.3 Å². The van der Waals surface area contributed by atoms with E-state index in [1.165, 1.54) is 161 Å². The number of carbonyl (C=O) groups is 1. The molecule has 3 atom stereocenters. The SMILES string of the molecule is CCCCCCCC/C=C\CCCC(O)CC(=O)NC(CO)C(O)/C=C/CCCCCCCCCCCCCCCCCCCCCC. The third kappa shape index (κ3) is 34.7. The summed E-state index contributed by atoms with van der Waals surface area (Å²) in [6.07, 6.45) is 46.1. The fourth-order valence-electron chi connectivity index (χ4n) is 6.46. The Morgan fingerprint density at radius 3 is 1.27 bits per heavy atom. The van der Waals surface area contributed by atoms with Crippen LogP contribution in [0, 0.1) is 0 Å². The highest BCUT2D eigenvalue weighted by molar-refractivity contribution is 5.76. The van der Waals surface area contributed by atoms with Gasteiger partial charge in [0.25, 0.3) is 0 Å². The molecule has 284 valence electrons. The minimum atomic E-state index is -0.932.